The smallest absolute Gasteiger partial charge is 0.293 e. The topological polar surface area (TPSA) is 96.3 Å². The SMILES string of the molecule is N#CC(N)OS(=O)O. The van der Waals surface area contributed by atoms with E-state index in [4.69, 9.17) is 15.5 Å². The van der Waals surface area contributed by atoms with Crippen LogP contribution in [0.2, 0.25) is 0 Å². The summed E-state index contributed by atoms with van der Waals surface area (Å²) < 4.78 is 21.3. The van der Waals surface area contributed by atoms with E-state index >= 15 is 0 Å². The fraction of sp³-hybridized carbons (Fsp3) is 0.500. The van der Waals surface area contributed by atoms with Crippen LogP contribution in [-0.4, -0.2) is 15.0 Å². The van der Waals surface area contributed by atoms with Gasteiger partial charge in [0.25, 0.3) is 0 Å². The lowest BCUT2D eigenvalue weighted by atomic mass is 10.7. The third-order valence-electron chi connectivity index (χ3n) is 0.313. The van der Waals surface area contributed by atoms with Crippen LogP contribution in [0.1, 0.15) is 0 Å². The first-order chi connectivity index (χ1) is 3.66. The fourth-order valence-electron chi connectivity index (χ4n) is 0.110. The highest BCUT2D eigenvalue weighted by Gasteiger charge is 2.01. The Morgan fingerprint density at radius 3 is 2.62 bits per heavy atom. The Morgan fingerprint density at radius 2 is 2.50 bits per heavy atom. The van der Waals surface area contributed by atoms with E-state index in [2.05, 4.69) is 4.18 Å². The van der Waals surface area contributed by atoms with Crippen LogP contribution in [0.3, 0.4) is 0 Å². The van der Waals surface area contributed by atoms with Crippen molar-refractivity contribution >= 4 is 11.4 Å². The Morgan fingerprint density at radius 1 is 2.00 bits per heavy atom. The van der Waals surface area contributed by atoms with Gasteiger partial charge in [-0.05, 0) is 0 Å². The predicted molar refractivity (Wildman–Crippen MR) is 25.4 cm³/mol. The van der Waals surface area contributed by atoms with E-state index in [0.717, 1.165) is 0 Å². The summed E-state index contributed by atoms with van der Waals surface area (Å²) in [4.78, 5) is 0. The van der Waals surface area contributed by atoms with Gasteiger partial charge in [0, 0.05) is 0 Å². The Bertz CT molecular complexity index is 130. The van der Waals surface area contributed by atoms with Crippen LogP contribution in [0.25, 0.3) is 0 Å². The minimum Gasteiger partial charge on any atom is -0.293 e. The van der Waals surface area contributed by atoms with E-state index in [-0.39, 0.29) is 0 Å². The molecule has 2 atom stereocenters. The van der Waals surface area contributed by atoms with Crippen molar-refractivity contribution in [3.8, 4) is 6.07 Å². The number of hydrogen-bond acceptors (Lipinski definition) is 4. The van der Waals surface area contributed by atoms with E-state index < -0.39 is 17.6 Å². The number of rotatable bonds is 2. The summed E-state index contributed by atoms with van der Waals surface area (Å²) in [6.45, 7) is 0. The van der Waals surface area contributed by atoms with Gasteiger partial charge in [-0.3, -0.25) is 10.3 Å². The molecule has 0 aromatic heterocycles. The van der Waals surface area contributed by atoms with Gasteiger partial charge in [0.2, 0.25) is 6.23 Å². The van der Waals surface area contributed by atoms with E-state index in [1.165, 1.54) is 6.07 Å². The van der Waals surface area contributed by atoms with Crippen molar-refractivity contribution in [1.29, 1.82) is 5.26 Å². The lowest BCUT2D eigenvalue weighted by molar-refractivity contribution is 0.261. The van der Waals surface area contributed by atoms with Gasteiger partial charge in [0.1, 0.15) is 6.07 Å². The van der Waals surface area contributed by atoms with Crippen molar-refractivity contribution < 1.29 is 12.9 Å². The molecule has 0 aliphatic rings. The zero-order valence-electron chi connectivity index (χ0n) is 3.77. The summed E-state index contributed by atoms with van der Waals surface area (Å²) in [6.07, 6.45) is -1.32. The molecule has 0 aromatic rings. The van der Waals surface area contributed by atoms with Crippen molar-refractivity contribution in [2.45, 2.75) is 6.23 Å². The highest BCUT2D eigenvalue weighted by atomic mass is 32.2. The first-order valence-corrected chi connectivity index (χ1v) is 2.63. The van der Waals surface area contributed by atoms with Gasteiger partial charge in [-0.25, -0.2) is 4.18 Å². The third kappa shape index (κ3) is 3.70. The maximum absolute atomic E-state index is 9.63. The molecule has 46 valence electrons. The number of hydrogen-bond donors (Lipinski definition) is 2. The summed E-state index contributed by atoms with van der Waals surface area (Å²) >= 11 is -2.44. The highest BCUT2D eigenvalue weighted by Crippen LogP contribution is 1.81. The summed E-state index contributed by atoms with van der Waals surface area (Å²) in [7, 11) is 0. The van der Waals surface area contributed by atoms with Crippen molar-refractivity contribution in [3.05, 3.63) is 0 Å². The Balaban J connectivity index is 3.43. The third-order valence-corrected chi connectivity index (χ3v) is 0.685. The molecule has 3 N–H and O–H groups in total. The van der Waals surface area contributed by atoms with Gasteiger partial charge in [-0.1, -0.05) is 0 Å². The van der Waals surface area contributed by atoms with Crippen LogP contribution in [0.4, 0.5) is 0 Å². The molecule has 0 rings (SSSR count). The standard InChI is InChI=1S/C2H4N2O3S/c3-1-2(4)7-8(5)6/h2H,4H2,(H,5,6). The summed E-state index contributed by atoms with van der Waals surface area (Å²) in [5, 5.41) is 7.84. The Kier molecular flexibility index (Phi) is 3.30. The molecule has 8 heavy (non-hydrogen) atoms. The fourth-order valence-corrected chi connectivity index (χ4v) is 0.331. The molecular weight excluding hydrogens is 132 g/mol. The molecule has 0 saturated heterocycles. The molecule has 0 radical (unpaired) electrons. The average Bonchev–Trinajstić information content (AvgIpc) is 1.65. The van der Waals surface area contributed by atoms with E-state index in [9.17, 15) is 4.21 Å². The number of nitrogens with two attached hydrogens (primary N) is 1. The lowest BCUT2D eigenvalue weighted by Crippen LogP contribution is -2.21. The second-order valence-electron chi connectivity index (χ2n) is 0.863. The van der Waals surface area contributed by atoms with Gasteiger partial charge >= 0.3 is 11.4 Å². The van der Waals surface area contributed by atoms with E-state index in [1.54, 1.807) is 0 Å². The molecule has 0 fully saturated rings. The predicted octanol–water partition coefficient (Wildman–Crippen LogP) is -1.05. The maximum Gasteiger partial charge on any atom is 0.304 e. The molecule has 6 heteroatoms. The second-order valence-corrected chi connectivity index (χ2v) is 1.49. The van der Waals surface area contributed by atoms with Gasteiger partial charge in [0.05, 0.1) is 0 Å². The normalized spacial score (nSPS) is 16.6. The largest absolute Gasteiger partial charge is 0.304 e. The van der Waals surface area contributed by atoms with Crippen LogP contribution < -0.4 is 5.73 Å². The molecule has 2 unspecified atom stereocenters. The van der Waals surface area contributed by atoms with Gasteiger partial charge in [-0.2, -0.15) is 9.47 Å². The molecule has 5 nitrogen and oxygen atoms in total. The first kappa shape index (κ1) is 7.52. The molecule has 0 aliphatic carbocycles. The molecule has 0 aliphatic heterocycles. The molecular formula is C2H4N2O3S. The minimum atomic E-state index is -2.44. The van der Waals surface area contributed by atoms with Gasteiger partial charge in [0.15, 0.2) is 0 Å². The zero-order valence-corrected chi connectivity index (χ0v) is 4.59. The van der Waals surface area contributed by atoms with Crippen LogP contribution in [0.15, 0.2) is 0 Å². The van der Waals surface area contributed by atoms with Crippen LogP contribution >= 0.6 is 0 Å². The maximum atomic E-state index is 9.63. The van der Waals surface area contributed by atoms with E-state index in [0.29, 0.717) is 0 Å². The monoisotopic (exact) mass is 136 g/mol. The Labute approximate surface area is 48.5 Å². The summed E-state index contributed by atoms with van der Waals surface area (Å²) in [6, 6.07) is 1.40. The molecule has 0 saturated carbocycles. The summed E-state index contributed by atoms with van der Waals surface area (Å²) in [5.41, 5.74) is 4.74. The Hall–Kier alpha value is -0.480. The molecule has 0 spiro atoms. The summed E-state index contributed by atoms with van der Waals surface area (Å²) in [5.74, 6) is 0. The van der Waals surface area contributed by atoms with Gasteiger partial charge in [-0.15, -0.1) is 0 Å². The van der Waals surface area contributed by atoms with Crippen LogP contribution in [0.5, 0.6) is 0 Å². The molecule has 0 aromatic carbocycles. The average molecular weight is 136 g/mol. The van der Waals surface area contributed by atoms with Crippen molar-refractivity contribution in [3.63, 3.8) is 0 Å². The zero-order chi connectivity index (χ0) is 6.57. The molecule has 0 bridgehead atoms. The second kappa shape index (κ2) is 3.51. The lowest BCUT2D eigenvalue weighted by Gasteiger charge is -1.95. The quantitative estimate of drug-likeness (QED) is 0.373. The van der Waals surface area contributed by atoms with E-state index in [1.807, 2.05) is 0 Å². The first-order valence-electron chi connectivity index (χ1n) is 1.60. The molecule has 0 heterocycles. The van der Waals surface area contributed by atoms with Crippen molar-refractivity contribution in [2.24, 2.45) is 5.73 Å². The van der Waals surface area contributed by atoms with Gasteiger partial charge < -0.3 is 0 Å². The minimum absolute atomic E-state index is 1.32. The number of nitriles is 1. The van der Waals surface area contributed by atoms with Crippen molar-refractivity contribution in [2.75, 3.05) is 0 Å². The highest BCUT2D eigenvalue weighted by molar-refractivity contribution is 7.74. The van der Waals surface area contributed by atoms with Crippen LogP contribution in [0, 0.1) is 11.3 Å². The number of nitrogens with zero attached hydrogens (tertiary/aromatic N) is 1. The van der Waals surface area contributed by atoms with Crippen molar-refractivity contribution in [1.82, 2.24) is 0 Å². The van der Waals surface area contributed by atoms with Crippen LogP contribution in [-0.2, 0) is 15.5 Å². The molecule has 0 amide bonds.